The van der Waals surface area contributed by atoms with Gasteiger partial charge in [-0.3, -0.25) is 0 Å². The number of phenolic OH excluding ortho intramolecular Hbond substituents is 1. The van der Waals surface area contributed by atoms with E-state index in [9.17, 15) is 20.4 Å². The quantitative estimate of drug-likeness (QED) is 0.563. The van der Waals surface area contributed by atoms with Gasteiger partial charge in [-0.05, 0) is 50.1 Å². The molecule has 176 valence electrons. The lowest BCUT2D eigenvalue weighted by Crippen LogP contribution is -2.44. The first kappa shape index (κ1) is 24.3. The summed E-state index contributed by atoms with van der Waals surface area (Å²) in [7, 11) is 0. The van der Waals surface area contributed by atoms with Crippen LogP contribution in [0.5, 0.6) is 17.2 Å². The minimum Gasteiger partial charge on any atom is -0.508 e. The SMILES string of the molecule is Cc1cc(O)cc(OC2CC(O)CCO2)c1.Cc1ccc(OC2OCC(O)CC2O)cc1. The normalized spacial score (nSPS) is 27.7. The molecule has 2 aromatic carbocycles. The maximum Gasteiger partial charge on any atom is 0.226 e. The number of aromatic hydroxyl groups is 1. The summed E-state index contributed by atoms with van der Waals surface area (Å²) in [5.74, 6) is 1.40. The number of aryl methyl sites for hydroxylation is 2. The second-order valence-corrected chi connectivity index (χ2v) is 8.19. The van der Waals surface area contributed by atoms with Gasteiger partial charge in [0.05, 0.1) is 25.4 Å². The Morgan fingerprint density at radius 2 is 1.56 bits per heavy atom. The van der Waals surface area contributed by atoms with Crippen molar-refractivity contribution in [3.63, 3.8) is 0 Å². The van der Waals surface area contributed by atoms with Crippen molar-refractivity contribution in [1.82, 2.24) is 0 Å². The summed E-state index contributed by atoms with van der Waals surface area (Å²) in [5, 5.41) is 37.8. The van der Waals surface area contributed by atoms with Gasteiger partial charge in [-0.1, -0.05) is 17.7 Å². The molecule has 0 aromatic heterocycles. The lowest BCUT2D eigenvalue weighted by atomic mass is 10.1. The molecule has 2 heterocycles. The molecule has 0 radical (unpaired) electrons. The summed E-state index contributed by atoms with van der Waals surface area (Å²) in [6, 6.07) is 12.5. The van der Waals surface area contributed by atoms with E-state index in [0.29, 0.717) is 30.9 Å². The number of aliphatic hydroxyl groups is 3. The van der Waals surface area contributed by atoms with E-state index in [1.807, 2.05) is 44.2 Å². The fourth-order valence-corrected chi connectivity index (χ4v) is 3.41. The van der Waals surface area contributed by atoms with Crippen molar-refractivity contribution in [2.45, 2.75) is 64.0 Å². The molecule has 4 N–H and O–H groups in total. The van der Waals surface area contributed by atoms with E-state index in [2.05, 4.69) is 0 Å². The number of aliphatic hydroxyl groups excluding tert-OH is 3. The Morgan fingerprint density at radius 3 is 2.22 bits per heavy atom. The van der Waals surface area contributed by atoms with Crippen LogP contribution in [0.15, 0.2) is 42.5 Å². The molecule has 5 unspecified atom stereocenters. The summed E-state index contributed by atoms with van der Waals surface area (Å²) in [4.78, 5) is 0. The van der Waals surface area contributed by atoms with Gasteiger partial charge in [-0.25, -0.2) is 0 Å². The molecule has 8 nitrogen and oxygen atoms in total. The third-order valence-electron chi connectivity index (χ3n) is 5.08. The van der Waals surface area contributed by atoms with Crippen molar-refractivity contribution >= 4 is 0 Å². The molecule has 0 spiro atoms. The third-order valence-corrected chi connectivity index (χ3v) is 5.08. The summed E-state index contributed by atoms with van der Waals surface area (Å²) in [5.41, 5.74) is 2.07. The van der Waals surface area contributed by atoms with Crippen LogP contribution in [0.2, 0.25) is 0 Å². The number of phenols is 1. The highest BCUT2D eigenvalue weighted by Gasteiger charge is 2.30. The molecular weight excluding hydrogens is 416 g/mol. The highest BCUT2D eigenvalue weighted by Crippen LogP contribution is 2.25. The average Bonchev–Trinajstić information content (AvgIpc) is 2.71. The van der Waals surface area contributed by atoms with Gasteiger partial charge in [0, 0.05) is 18.9 Å². The first-order chi connectivity index (χ1) is 15.3. The summed E-state index contributed by atoms with van der Waals surface area (Å²) in [6.07, 6.45) is -1.46. The van der Waals surface area contributed by atoms with Gasteiger partial charge in [0.1, 0.15) is 23.4 Å². The number of hydrogen-bond donors (Lipinski definition) is 4. The summed E-state index contributed by atoms with van der Waals surface area (Å²) < 4.78 is 21.6. The van der Waals surface area contributed by atoms with Crippen LogP contribution in [0.1, 0.15) is 30.4 Å². The molecule has 2 aliphatic rings. The smallest absolute Gasteiger partial charge is 0.226 e. The molecule has 0 aliphatic carbocycles. The van der Waals surface area contributed by atoms with Crippen molar-refractivity contribution in [3.05, 3.63) is 53.6 Å². The zero-order valence-corrected chi connectivity index (χ0v) is 18.4. The van der Waals surface area contributed by atoms with Crippen LogP contribution in [0, 0.1) is 13.8 Å². The predicted molar refractivity (Wildman–Crippen MR) is 117 cm³/mol. The Hall–Kier alpha value is -2.36. The molecule has 2 fully saturated rings. The lowest BCUT2D eigenvalue weighted by molar-refractivity contribution is -0.198. The van der Waals surface area contributed by atoms with Crippen LogP contribution < -0.4 is 9.47 Å². The van der Waals surface area contributed by atoms with Gasteiger partial charge in [0.25, 0.3) is 0 Å². The fraction of sp³-hybridized carbons (Fsp3) is 0.500. The minimum absolute atomic E-state index is 0.173. The van der Waals surface area contributed by atoms with Crippen LogP contribution >= 0.6 is 0 Å². The minimum atomic E-state index is -0.787. The fourth-order valence-electron chi connectivity index (χ4n) is 3.41. The van der Waals surface area contributed by atoms with Crippen molar-refractivity contribution in [2.24, 2.45) is 0 Å². The van der Waals surface area contributed by atoms with Crippen molar-refractivity contribution < 1.29 is 39.4 Å². The van der Waals surface area contributed by atoms with Gasteiger partial charge in [-0.15, -0.1) is 0 Å². The average molecular weight is 449 g/mol. The number of rotatable bonds is 4. The van der Waals surface area contributed by atoms with E-state index >= 15 is 0 Å². The van der Waals surface area contributed by atoms with E-state index in [4.69, 9.17) is 18.9 Å². The van der Waals surface area contributed by atoms with Crippen molar-refractivity contribution in [3.8, 4) is 17.2 Å². The lowest BCUT2D eigenvalue weighted by Gasteiger charge is -2.31. The van der Waals surface area contributed by atoms with Gasteiger partial charge in [-0.2, -0.15) is 0 Å². The number of hydrogen-bond acceptors (Lipinski definition) is 8. The van der Waals surface area contributed by atoms with E-state index in [0.717, 1.165) is 11.1 Å². The molecule has 0 bridgehead atoms. The molecule has 2 aromatic rings. The molecular formula is C24H32O8. The van der Waals surface area contributed by atoms with Crippen LogP contribution in [-0.2, 0) is 9.47 Å². The highest BCUT2D eigenvalue weighted by atomic mass is 16.7. The van der Waals surface area contributed by atoms with Crippen molar-refractivity contribution in [1.29, 1.82) is 0 Å². The van der Waals surface area contributed by atoms with E-state index in [1.165, 1.54) is 6.07 Å². The van der Waals surface area contributed by atoms with E-state index in [1.54, 1.807) is 6.07 Å². The van der Waals surface area contributed by atoms with Crippen LogP contribution in [0.4, 0.5) is 0 Å². The van der Waals surface area contributed by atoms with Crippen LogP contribution in [0.25, 0.3) is 0 Å². The second kappa shape index (κ2) is 11.5. The number of benzene rings is 2. The molecule has 5 atom stereocenters. The van der Waals surface area contributed by atoms with E-state index < -0.39 is 24.8 Å². The zero-order chi connectivity index (χ0) is 23.1. The molecule has 0 amide bonds. The molecule has 2 aliphatic heterocycles. The van der Waals surface area contributed by atoms with Gasteiger partial charge < -0.3 is 39.4 Å². The largest absolute Gasteiger partial charge is 0.508 e. The Balaban J connectivity index is 0.000000181. The van der Waals surface area contributed by atoms with Gasteiger partial charge >= 0.3 is 0 Å². The Labute approximate surface area is 187 Å². The maximum atomic E-state index is 9.65. The van der Waals surface area contributed by atoms with Gasteiger partial charge in [0.15, 0.2) is 0 Å². The third kappa shape index (κ3) is 7.65. The highest BCUT2D eigenvalue weighted by molar-refractivity contribution is 5.36. The molecule has 4 rings (SSSR count). The first-order valence-corrected chi connectivity index (χ1v) is 10.8. The van der Waals surface area contributed by atoms with Gasteiger partial charge in [0.2, 0.25) is 12.6 Å². The zero-order valence-electron chi connectivity index (χ0n) is 18.4. The maximum absolute atomic E-state index is 9.65. The molecule has 32 heavy (non-hydrogen) atoms. The van der Waals surface area contributed by atoms with Crippen molar-refractivity contribution in [2.75, 3.05) is 13.2 Å². The summed E-state index contributed by atoms with van der Waals surface area (Å²) in [6.45, 7) is 4.58. The monoisotopic (exact) mass is 448 g/mol. The molecule has 8 heteroatoms. The second-order valence-electron chi connectivity index (χ2n) is 8.19. The first-order valence-electron chi connectivity index (χ1n) is 10.8. The molecule has 0 saturated carbocycles. The van der Waals surface area contributed by atoms with Crippen LogP contribution in [-0.4, -0.2) is 64.5 Å². The topological polar surface area (TPSA) is 118 Å². The summed E-state index contributed by atoms with van der Waals surface area (Å²) >= 11 is 0. The predicted octanol–water partition coefficient (Wildman–Crippen LogP) is 2.42. The Kier molecular flexibility index (Phi) is 8.72. The Bertz CT molecular complexity index is 820. The number of ether oxygens (including phenoxy) is 4. The molecule has 2 saturated heterocycles. The van der Waals surface area contributed by atoms with Crippen LogP contribution in [0.3, 0.4) is 0 Å². The standard InChI is InChI=1S/2C12H16O4/c1-8-2-4-10(5-3-8)16-12-11(14)6-9(13)7-15-12;1-8-4-10(14)6-11(5-8)16-12-7-9(13)2-3-15-12/h2-5,9,11-14H,6-7H2,1H3;4-6,9,12-14H,2-3,7H2,1H3. The Morgan fingerprint density at radius 1 is 0.812 bits per heavy atom. The van der Waals surface area contributed by atoms with E-state index in [-0.39, 0.29) is 24.9 Å².